The van der Waals surface area contributed by atoms with Crippen LogP contribution in [0.15, 0.2) is 146 Å². The zero-order valence-corrected chi connectivity index (χ0v) is 31.4. The molecule has 4 heterocycles. The largest absolute Gasteiger partial charge is 0.294 e. The van der Waals surface area contributed by atoms with Crippen LogP contribution in [0.4, 0.5) is 0 Å². The molecule has 0 saturated heterocycles. The highest BCUT2D eigenvalue weighted by molar-refractivity contribution is 6.08. The van der Waals surface area contributed by atoms with E-state index < -0.39 is 5.41 Å². The van der Waals surface area contributed by atoms with Gasteiger partial charge in [0.25, 0.3) is 0 Å². The van der Waals surface area contributed by atoms with Crippen molar-refractivity contribution >= 4 is 21.8 Å². The maximum atomic E-state index is 5.18. The molecule has 4 nitrogen and oxygen atoms in total. The van der Waals surface area contributed by atoms with Crippen molar-refractivity contribution in [3.63, 3.8) is 0 Å². The molecule has 0 bridgehead atoms. The fraction of sp³-hybridized carbons (Fsp3) is 0.204. The van der Waals surface area contributed by atoms with E-state index in [1.807, 2.05) is 18.6 Å². The summed E-state index contributed by atoms with van der Waals surface area (Å²) >= 11 is 0. The SMILES string of the molecule is CC(C)(C)c1ccnc(-n2c3ccccc3c3cnc(Cc4ccc5c(c4)-c4nccc(C(C)(C)C)c4C5(c4ccccc4)c4ccccc4)cc32)c1. The van der Waals surface area contributed by atoms with Gasteiger partial charge in [-0.1, -0.05) is 133 Å². The number of aromatic nitrogens is 4. The van der Waals surface area contributed by atoms with Crippen LogP contribution in [0, 0.1) is 0 Å². The minimum atomic E-state index is -0.505. The van der Waals surface area contributed by atoms with Crippen LogP contribution in [0.25, 0.3) is 38.9 Å². The summed E-state index contributed by atoms with van der Waals surface area (Å²) in [5, 5.41) is 2.31. The van der Waals surface area contributed by atoms with Crippen molar-refractivity contribution in [3.05, 3.63) is 191 Å². The van der Waals surface area contributed by atoms with Gasteiger partial charge in [0.05, 0.1) is 22.1 Å². The third kappa shape index (κ3) is 5.22. The van der Waals surface area contributed by atoms with Crippen LogP contribution in [0.5, 0.6) is 0 Å². The minimum absolute atomic E-state index is 0.0104. The van der Waals surface area contributed by atoms with Gasteiger partial charge < -0.3 is 0 Å². The van der Waals surface area contributed by atoms with Gasteiger partial charge in [0.1, 0.15) is 5.82 Å². The maximum absolute atomic E-state index is 5.18. The third-order valence-electron chi connectivity index (χ3n) is 11.1. The second-order valence-electron chi connectivity index (χ2n) is 16.6. The fourth-order valence-corrected chi connectivity index (χ4v) is 8.64. The summed E-state index contributed by atoms with van der Waals surface area (Å²) in [5.74, 6) is 0.925. The van der Waals surface area contributed by atoms with Crippen molar-refractivity contribution in [3.8, 4) is 17.1 Å². The first-order chi connectivity index (χ1) is 25.5. The molecule has 0 atom stereocenters. The summed E-state index contributed by atoms with van der Waals surface area (Å²) in [7, 11) is 0. The molecule has 0 N–H and O–H groups in total. The van der Waals surface area contributed by atoms with Crippen molar-refractivity contribution in [2.24, 2.45) is 0 Å². The molecule has 260 valence electrons. The highest BCUT2D eigenvalue weighted by atomic mass is 15.1. The molecule has 53 heavy (non-hydrogen) atoms. The number of benzene rings is 4. The molecule has 0 amide bonds. The number of nitrogens with zero attached hydrogens (tertiary/aromatic N) is 4. The van der Waals surface area contributed by atoms with Crippen LogP contribution in [-0.2, 0) is 22.7 Å². The molecular formula is C49H44N4. The molecule has 4 aromatic carbocycles. The van der Waals surface area contributed by atoms with Gasteiger partial charge in [-0.25, -0.2) is 4.98 Å². The van der Waals surface area contributed by atoms with E-state index in [-0.39, 0.29) is 10.8 Å². The molecule has 0 aliphatic heterocycles. The van der Waals surface area contributed by atoms with Crippen molar-refractivity contribution in [1.82, 2.24) is 19.5 Å². The van der Waals surface area contributed by atoms with Crippen LogP contribution in [-0.4, -0.2) is 19.5 Å². The molecule has 0 unspecified atom stereocenters. The third-order valence-corrected chi connectivity index (χ3v) is 11.1. The van der Waals surface area contributed by atoms with E-state index in [1.165, 1.54) is 49.9 Å². The lowest BCUT2D eigenvalue weighted by Gasteiger charge is -2.37. The average molecular weight is 689 g/mol. The number of hydrogen-bond donors (Lipinski definition) is 0. The van der Waals surface area contributed by atoms with Gasteiger partial charge in [-0.05, 0) is 80.6 Å². The summed E-state index contributed by atoms with van der Waals surface area (Å²) in [5.41, 5.74) is 13.8. The van der Waals surface area contributed by atoms with E-state index in [2.05, 4.69) is 174 Å². The lowest BCUT2D eigenvalue weighted by Crippen LogP contribution is -2.32. The highest BCUT2D eigenvalue weighted by Gasteiger charge is 2.49. The van der Waals surface area contributed by atoms with Crippen LogP contribution < -0.4 is 0 Å². The van der Waals surface area contributed by atoms with Crippen LogP contribution in [0.3, 0.4) is 0 Å². The van der Waals surface area contributed by atoms with Crippen LogP contribution in [0.2, 0.25) is 0 Å². The Morgan fingerprint density at radius 1 is 0.585 bits per heavy atom. The Balaban J connectivity index is 1.23. The Morgan fingerprint density at radius 3 is 1.96 bits per heavy atom. The van der Waals surface area contributed by atoms with E-state index in [0.717, 1.165) is 33.6 Å². The van der Waals surface area contributed by atoms with Crippen LogP contribution >= 0.6 is 0 Å². The summed E-state index contributed by atoms with van der Waals surface area (Å²) in [6.07, 6.45) is 6.68. The van der Waals surface area contributed by atoms with E-state index in [4.69, 9.17) is 15.0 Å². The van der Waals surface area contributed by atoms with Gasteiger partial charge in [-0.3, -0.25) is 14.5 Å². The summed E-state index contributed by atoms with van der Waals surface area (Å²) in [4.78, 5) is 15.1. The lowest BCUT2D eigenvalue weighted by atomic mass is 9.64. The first-order valence-electron chi connectivity index (χ1n) is 18.6. The molecule has 0 radical (unpaired) electrons. The standard InChI is InChI=1S/C49H44N4/c1-47(2,3)35-23-25-50-44(29-35)53-42-20-14-13-19-37(42)39-31-52-36(30-43(39)53)27-32-21-22-40-38(28-32)46-45(41(24-26-51-46)48(4,5)6)49(40,33-15-9-7-10-16-33)34-17-11-8-12-18-34/h7-26,28-31H,27H2,1-6H3. The van der Waals surface area contributed by atoms with Crippen molar-refractivity contribution < 1.29 is 0 Å². The number of hydrogen-bond acceptors (Lipinski definition) is 3. The Bertz CT molecular complexity index is 2620. The Hall–Kier alpha value is -5.87. The smallest absolute Gasteiger partial charge is 0.137 e. The number of para-hydroxylation sites is 1. The van der Waals surface area contributed by atoms with E-state index in [9.17, 15) is 0 Å². The fourth-order valence-electron chi connectivity index (χ4n) is 8.64. The average Bonchev–Trinajstić information content (AvgIpc) is 3.65. The molecule has 9 rings (SSSR count). The molecule has 0 fully saturated rings. The molecule has 0 saturated carbocycles. The molecule has 1 aliphatic carbocycles. The second-order valence-corrected chi connectivity index (χ2v) is 16.6. The first kappa shape index (κ1) is 33.0. The molecule has 4 heteroatoms. The Kier molecular flexibility index (Phi) is 7.53. The quantitative estimate of drug-likeness (QED) is 0.181. The number of rotatable bonds is 5. The molecule has 0 spiro atoms. The van der Waals surface area contributed by atoms with Crippen molar-refractivity contribution in [1.29, 1.82) is 0 Å². The monoisotopic (exact) mass is 688 g/mol. The summed E-state index contributed by atoms with van der Waals surface area (Å²) < 4.78 is 2.30. The van der Waals surface area contributed by atoms with Crippen molar-refractivity contribution in [2.75, 3.05) is 0 Å². The normalized spacial score (nSPS) is 13.7. The van der Waals surface area contributed by atoms with E-state index in [0.29, 0.717) is 6.42 Å². The van der Waals surface area contributed by atoms with E-state index >= 15 is 0 Å². The molecule has 4 aromatic heterocycles. The minimum Gasteiger partial charge on any atom is -0.294 e. The van der Waals surface area contributed by atoms with Crippen molar-refractivity contribution in [2.45, 2.75) is 64.2 Å². The van der Waals surface area contributed by atoms with Crippen LogP contribution in [0.1, 0.15) is 86.2 Å². The predicted octanol–water partition coefficient (Wildman–Crippen LogP) is 11.5. The van der Waals surface area contributed by atoms with Gasteiger partial charge in [0.2, 0.25) is 0 Å². The maximum Gasteiger partial charge on any atom is 0.137 e. The first-order valence-corrected chi connectivity index (χ1v) is 18.6. The highest BCUT2D eigenvalue weighted by Crippen LogP contribution is 2.58. The topological polar surface area (TPSA) is 43.6 Å². The second kappa shape index (κ2) is 12.1. The Morgan fingerprint density at radius 2 is 1.26 bits per heavy atom. The number of fused-ring (bicyclic) bond motifs is 6. The zero-order chi connectivity index (χ0) is 36.5. The predicted molar refractivity (Wildman–Crippen MR) is 218 cm³/mol. The van der Waals surface area contributed by atoms with E-state index in [1.54, 1.807) is 0 Å². The molecular weight excluding hydrogens is 645 g/mol. The van der Waals surface area contributed by atoms with Gasteiger partial charge in [-0.2, -0.15) is 0 Å². The molecule has 1 aliphatic rings. The Labute approximate surface area is 312 Å². The van der Waals surface area contributed by atoms with Gasteiger partial charge in [-0.15, -0.1) is 0 Å². The van der Waals surface area contributed by atoms with Gasteiger partial charge in [0, 0.05) is 52.6 Å². The van der Waals surface area contributed by atoms with Gasteiger partial charge >= 0.3 is 0 Å². The summed E-state index contributed by atoms with van der Waals surface area (Å²) in [6, 6.07) is 46.4. The van der Waals surface area contributed by atoms with Gasteiger partial charge in [0.15, 0.2) is 0 Å². The number of pyridine rings is 3. The zero-order valence-electron chi connectivity index (χ0n) is 31.4. The summed E-state index contributed by atoms with van der Waals surface area (Å²) in [6.45, 7) is 13.7. The molecule has 8 aromatic rings. The lowest BCUT2D eigenvalue weighted by molar-refractivity contribution is 0.571.